The number of rotatable bonds is 15. The number of carbonyl (C=O) groups excluding carboxylic acids is 1. The molecule has 1 heterocycles. The molecule has 0 fully saturated rings. The second-order valence-electron chi connectivity index (χ2n) is 12.1. The van der Waals surface area contributed by atoms with E-state index in [1.807, 2.05) is 6.92 Å². The molecule has 0 radical (unpaired) electrons. The van der Waals surface area contributed by atoms with Gasteiger partial charge in [-0.3, -0.25) is 4.79 Å². The van der Waals surface area contributed by atoms with Crippen molar-refractivity contribution >= 4 is 16.8 Å². The van der Waals surface area contributed by atoms with Gasteiger partial charge in [0.15, 0.2) is 6.61 Å². The first-order valence-electron chi connectivity index (χ1n) is 14.1. The molecule has 1 aromatic rings. The number of halogens is 1. The lowest BCUT2D eigenvalue weighted by atomic mass is 9.83. The fourth-order valence-corrected chi connectivity index (χ4v) is 5.66. The Morgan fingerprint density at radius 2 is 1.49 bits per heavy atom. The van der Waals surface area contributed by atoms with E-state index in [2.05, 4.69) is 48.5 Å². The first-order chi connectivity index (χ1) is 16.4. The van der Waals surface area contributed by atoms with Gasteiger partial charge in [0.25, 0.3) is 5.24 Å². The topological polar surface area (TPSA) is 35.5 Å². The van der Waals surface area contributed by atoms with Gasteiger partial charge in [-0.25, -0.2) is 0 Å². The van der Waals surface area contributed by atoms with Crippen LogP contribution >= 0.6 is 11.6 Å². The highest BCUT2D eigenvalue weighted by Crippen LogP contribution is 2.45. The molecule has 2 rings (SSSR count). The van der Waals surface area contributed by atoms with E-state index < -0.39 is 5.24 Å². The minimum Gasteiger partial charge on any atom is -0.487 e. The van der Waals surface area contributed by atoms with Crippen molar-refractivity contribution in [3.05, 3.63) is 22.3 Å². The molecular weight excluding hydrogens is 456 g/mol. The molecule has 0 saturated carbocycles. The van der Waals surface area contributed by atoms with E-state index in [-0.39, 0.29) is 12.2 Å². The summed E-state index contributed by atoms with van der Waals surface area (Å²) in [5, 5.41) is -0.478. The molecule has 1 aromatic carbocycles. The van der Waals surface area contributed by atoms with Gasteiger partial charge in [-0.15, -0.1) is 0 Å². The van der Waals surface area contributed by atoms with E-state index in [0.29, 0.717) is 0 Å². The summed E-state index contributed by atoms with van der Waals surface area (Å²) in [5.74, 6) is 4.30. The van der Waals surface area contributed by atoms with Gasteiger partial charge in [-0.2, -0.15) is 0 Å². The first kappa shape index (κ1) is 30.0. The van der Waals surface area contributed by atoms with Crippen LogP contribution in [0.3, 0.4) is 0 Å². The van der Waals surface area contributed by atoms with Crippen LogP contribution in [-0.4, -0.2) is 17.5 Å². The Kier molecular flexibility index (Phi) is 11.9. The highest BCUT2D eigenvalue weighted by atomic mass is 35.5. The van der Waals surface area contributed by atoms with E-state index in [0.717, 1.165) is 65.2 Å². The fraction of sp³-hybridized carbons (Fsp3) is 0.774. The molecule has 3 nitrogen and oxygen atoms in total. The van der Waals surface area contributed by atoms with Gasteiger partial charge in [0, 0.05) is 5.56 Å². The van der Waals surface area contributed by atoms with Crippen LogP contribution in [0.5, 0.6) is 11.5 Å². The van der Waals surface area contributed by atoms with Crippen molar-refractivity contribution in [1.29, 1.82) is 0 Å². The van der Waals surface area contributed by atoms with E-state index in [1.54, 1.807) is 0 Å². The predicted molar refractivity (Wildman–Crippen MR) is 149 cm³/mol. The van der Waals surface area contributed by atoms with Crippen LogP contribution in [0.4, 0.5) is 0 Å². The SMILES string of the molecule is Cc1c(C)c2c(c(C)c1OCC(=O)Cl)CCC(C)(CCCC(C)CCCC(C)CCCC(C)C)O2. The van der Waals surface area contributed by atoms with Crippen LogP contribution in [0.15, 0.2) is 0 Å². The Morgan fingerprint density at radius 3 is 2.06 bits per heavy atom. The number of fused-ring (bicyclic) bond motifs is 1. The van der Waals surface area contributed by atoms with Gasteiger partial charge in [-0.1, -0.05) is 72.6 Å². The third-order valence-corrected chi connectivity index (χ3v) is 8.28. The van der Waals surface area contributed by atoms with E-state index in [4.69, 9.17) is 21.1 Å². The molecule has 0 amide bonds. The maximum atomic E-state index is 11.2. The number of carbonyl (C=O) groups is 1. The molecule has 4 heteroatoms. The van der Waals surface area contributed by atoms with Gasteiger partial charge in [0.1, 0.15) is 17.1 Å². The Balaban J connectivity index is 1.83. The second kappa shape index (κ2) is 13.9. The van der Waals surface area contributed by atoms with Crippen molar-refractivity contribution in [3.63, 3.8) is 0 Å². The average Bonchev–Trinajstić information content (AvgIpc) is 2.77. The van der Waals surface area contributed by atoms with Crippen molar-refractivity contribution in [2.45, 2.75) is 132 Å². The summed E-state index contributed by atoms with van der Waals surface area (Å²) in [7, 11) is 0. The van der Waals surface area contributed by atoms with Crippen molar-refractivity contribution in [2.75, 3.05) is 6.61 Å². The summed E-state index contributed by atoms with van der Waals surface area (Å²) >= 11 is 5.50. The average molecular weight is 507 g/mol. The molecule has 35 heavy (non-hydrogen) atoms. The summed E-state index contributed by atoms with van der Waals surface area (Å²) in [6, 6.07) is 0. The van der Waals surface area contributed by atoms with Gasteiger partial charge >= 0.3 is 0 Å². The van der Waals surface area contributed by atoms with Crippen LogP contribution in [0.25, 0.3) is 0 Å². The summed E-state index contributed by atoms with van der Waals surface area (Å²) in [6.45, 7) is 17.9. The fourth-order valence-electron chi connectivity index (χ4n) is 5.61. The van der Waals surface area contributed by atoms with Crippen molar-refractivity contribution in [2.24, 2.45) is 17.8 Å². The van der Waals surface area contributed by atoms with E-state index in [1.165, 1.54) is 56.9 Å². The van der Waals surface area contributed by atoms with Crippen LogP contribution in [0.1, 0.15) is 121 Å². The summed E-state index contributed by atoms with van der Waals surface area (Å²) in [6.07, 6.45) is 13.8. The molecule has 0 aliphatic carbocycles. The van der Waals surface area contributed by atoms with Gasteiger partial charge in [0.2, 0.25) is 0 Å². The molecular formula is C31H51ClO3. The third kappa shape index (κ3) is 9.30. The highest BCUT2D eigenvalue weighted by Gasteiger charge is 2.34. The third-order valence-electron chi connectivity index (χ3n) is 8.17. The quantitative estimate of drug-likeness (QED) is 0.222. The molecule has 1 aliphatic rings. The lowest BCUT2D eigenvalue weighted by Crippen LogP contribution is -2.37. The van der Waals surface area contributed by atoms with Gasteiger partial charge in [0.05, 0.1) is 0 Å². The standard InChI is InChI=1S/C31H51ClO3/c1-21(2)12-9-13-22(3)14-10-15-23(4)16-11-18-31(8)19-17-27-26(7)29(34-20-28(32)33)24(5)25(6)30(27)35-31/h21-23H,9-20H2,1-8H3. The lowest BCUT2D eigenvalue weighted by Gasteiger charge is -2.38. The number of benzene rings is 1. The van der Waals surface area contributed by atoms with Crippen LogP contribution in [0, 0.1) is 38.5 Å². The minimum absolute atomic E-state index is 0.102. The summed E-state index contributed by atoms with van der Waals surface area (Å²) < 4.78 is 12.5. The zero-order valence-corrected chi connectivity index (χ0v) is 24.6. The Labute approximate surface area is 220 Å². The van der Waals surface area contributed by atoms with Crippen molar-refractivity contribution in [3.8, 4) is 11.5 Å². The summed E-state index contributed by atoms with van der Waals surface area (Å²) in [4.78, 5) is 11.2. The zero-order chi connectivity index (χ0) is 26.2. The smallest absolute Gasteiger partial charge is 0.259 e. The maximum Gasteiger partial charge on any atom is 0.259 e. The molecule has 200 valence electrons. The van der Waals surface area contributed by atoms with Crippen LogP contribution in [0.2, 0.25) is 0 Å². The number of ether oxygens (including phenoxy) is 2. The lowest BCUT2D eigenvalue weighted by molar-refractivity contribution is -0.113. The van der Waals surface area contributed by atoms with Gasteiger partial charge < -0.3 is 9.47 Å². The number of hydrogen-bond donors (Lipinski definition) is 0. The van der Waals surface area contributed by atoms with Crippen molar-refractivity contribution in [1.82, 2.24) is 0 Å². The Bertz CT molecular complexity index is 831. The Hall–Kier alpha value is -1.22. The first-order valence-corrected chi connectivity index (χ1v) is 14.4. The molecule has 3 unspecified atom stereocenters. The Morgan fingerprint density at radius 1 is 0.914 bits per heavy atom. The minimum atomic E-state index is -0.478. The molecule has 3 atom stereocenters. The van der Waals surface area contributed by atoms with E-state index >= 15 is 0 Å². The van der Waals surface area contributed by atoms with Gasteiger partial charge in [-0.05, 0) is 99.4 Å². The van der Waals surface area contributed by atoms with Crippen molar-refractivity contribution < 1.29 is 14.3 Å². The van der Waals surface area contributed by atoms with E-state index in [9.17, 15) is 4.79 Å². The highest BCUT2D eigenvalue weighted by molar-refractivity contribution is 6.63. The molecule has 0 N–H and O–H groups in total. The molecule has 0 bridgehead atoms. The maximum absolute atomic E-state index is 11.2. The molecule has 0 aromatic heterocycles. The summed E-state index contributed by atoms with van der Waals surface area (Å²) in [5.41, 5.74) is 4.34. The monoisotopic (exact) mass is 506 g/mol. The zero-order valence-electron chi connectivity index (χ0n) is 23.8. The van der Waals surface area contributed by atoms with Crippen LogP contribution < -0.4 is 9.47 Å². The molecule has 1 aliphatic heterocycles. The largest absolute Gasteiger partial charge is 0.487 e. The molecule has 0 saturated heterocycles. The van der Waals surface area contributed by atoms with Crippen LogP contribution in [-0.2, 0) is 11.2 Å². The second-order valence-corrected chi connectivity index (χ2v) is 12.5. The molecule has 0 spiro atoms. The number of hydrogen-bond acceptors (Lipinski definition) is 3. The predicted octanol–water partition coefficient (Wildman–Crippen LogP) is 9.28. The normalized spacial score (nSPS) is 19.3.